The Hall–Kier alpha value is -3.37. The Balaban J connectivity index is 1.42. The predicted octanol–water partition coefficient (Wildman–Crippen LogP) is 6.25. The number of thioether (sulfide) groups is 1. The van der Waals surface area contributed by atoms with Crippen molar-refractivity contribution in [1.29, 1.82) is 0 Å². The largest absolute Gasteiger partial charge is 0.497 e. The quantitative estimate of drug-likeness (QED) is 0.226. The fourth-order valence-electron chi connectivity index (χ4n) is 3.75. The number of amides is 1. The number of rotatable bonds is 11. The van der Waals surface area contributed by atoms with Crippen molar-refractivity contribution in [1.82, 2.24) is 19.7 Å². The second-order valence-corrected chi connectivity index (χ2v) is 11.1. The molecule has 0 saturated heterocycles. The van der Waals surface area contributed by atoms with Gasteiger partial charge in [0, 0.05) is 17.0 Å². The zero-order chi connectivity index (χ0) is 26.4. The van der Waals surface area contributed by atoms with Crippen LogP contribution in [0.25, 0.3) is 11.3 Å². The van der Waals surface area contributed by atoms with Crippen molar-refractivity contribution >= 4 is 34.1 Å². The molecule has 8 nitrogen and oxygen atoms in total. The van der Waals surface area contributed by atoms with E-state index in [0.717, 1.165) is 33.5 Å². The van der Waals surface area contributed by atoms with Gasteiger partial charge < -0.3 is 19.4 Å². The summed E-state index contributed by atoms with van der Waals surface area (Å²) in [5.74, 6) is 2.63. The van der Waals surface area contributed by atoms with Crippen LogP contribution in [-0.2, 0) is 11.3 Å². The lowest BCUT2D eigenvalue weighted by atomic mass is 10.1. The van der Waals surface area contributed by atoms with E-state index in [0.29, 0.717) is 22.8 Å². The molecule has 0 fully saturated rings. The SMILES string of the molecule is COc1ccc(OC(C)c2nnc(SCC(=O)Nc3nc(-c4ccccc4)c(C)s3)n2CC(C)C)cc1. The Bertz CT molecular complexity index is 1320. The second kappa shape index (κ2) is 12.2. The summed E-state index contributed by atoms with van der Waals surface area (Å²) in [7, 11) is 1.63. The van der Waals surface area contributed by atoms with Crippen LogP contribution < -0.4 is 14.8 Å². The van der Waals surface area contributed by atoms with E-state index < -0.39 is 0 Å². The van der Waals surface area contributed by atoms with E-state index in [1.54, 1.807) is 7.11 Å². The van der Waals surface area contributed by atoms with Crippen LogP contribution >= 0.6 is 23.1 Å². The molecular formula is C27H31N5O3S2. The number of methoxy groups -OCH3 is 1. The monoisotopic (exact) mass is 537 g/mol. The van der Waals surface area contributed by atoms with Gasteiger partial charge in [-0.15, -0.1) is 21.5 Å². The number of hydrogen-bond acceptors (Lipinski definition) is 8. The van der Waals surface area contributed by atoms with Crippen LogP contribution in [0.3, 0.4) is 0 Å². The van der Waals surface area contributed by atoms with Crippen LogP contribution in [0.15, 0.2) is 59.8 Å². The van der Waals surface area contributed by atoms with Crippen LogP contribution in [0.2, 0.25) is 0 Å². The summed E-state index contributed by atoms with van der Waals surface area (Å²) in [5, 5.41) is 13.0. The van der Waals surface area contributed by atoms with Crippen molar-refractivity contribution in [3.63, 3.8) is 0 Å². The van der Waals surface area contributed by atoms with Crippen molar-refractivity contribution in [2.24, 2.45) is 5.92 Å². The molecule has 2 aromatic heterocycles. The third-order valence-corrected chi connectivity index (χ3v) is 7.30. The van der Waals surface area contributed by atoms with Gasteiger partial charge in [0.1, 0.15) is 11.5 Å². The van der Waals surface area contributed by atoms with Crippen molar-refractivity contribution in [3.05, 3.63) is 65.3 Å². The fourth-order valence-corrected chi connectivity index (χ4v) is 5.36. The summed E-state index contributed by atoms with van der Waals surface area (Å²) in [4.78, 5) is 18.4. The number of aromatic nitrogens is 4. The number of carbonyl (C=O) groups is 1. The average molecular weight is 538 g/mol. The van der Waals surface area contributed by atoms with E-state index in [9.17, 15) is 4.79 Å². The summed E-state index contributed by atoms with van der Waals surface area (Å²) >= 11 is 2.83. The lowest BCUT2D eigenvalue weighted by Gasteiger charge is -2.18. The first-order valence-electron chi connectivity index (χ1n) is 12.0. The lowest BCUT2D eigenvalue weighted by Crippen LogP contribution is -2.17. The van der Waals surface area contributed by atoms with Gasteiger partial charge in [-0.05, 0) is 44.0 Å². The van der Waals surface area contributed by atoms with E-state index in [2.05, 4.69) is 34.3 Å². The third kappa shape index (κ3) is 6.90. The molecule has 0 aliphatic carbocycles. The minimum Gasteiger partial charge on any atom is -0.497 e. The van der Waals surface area contributed by atoms with Gasteiger partial charge in [0.05, 0.1) is 18.6 Å². The Labute approximate surface area is 225 Å². The minimum absolute atomic E-state index is 0.137. The topological polar surface area (TPSA) is 91.2 Å². The molecule has 2 aromatic carbocycles. The zero-order valence-electron chi connectivity index (χ0n) is 21.6. The molecule has 1 N–H and O–H groups in total. The Morgan fingerprint density at radius 1 is 1.05 bits per heavy atom. The highest BCUT2D eigenvalue weighted by Crippen LogP contribution is 2.31. The van der Waals surface area contributed by atoms with Gasteiger partial charge in [-0.3, -0.25) is 4.79 Å². The number of carbonyl (C=O) groups excluding carboxylic acids is 1. The molecule has 4 aromatic rings. The number of hydrogen-bond donors (Lipinski definition) is 1. The maximum Gasteiger partial charge on any atom is 0.236 e. The number of thiazole rings is 1. The first kappa shape index (κ1) is 26.7. The Morgan fingerprint density at radius 3 is 2.43 bits per heavy atom. The van der Waals surface area contributed by atoms with E-state index in [1.165, 1.54) is 23.1 Å². The van der Waals surface area contributed by atoms with E-state index in [4.69, 9.17) is 9.47 Å². The molecule has 2 heterocycles. The molecule has 1 unspecified atom stereocenters. The van der Waals surface area contributed by atoms with Gasteiger partial charge in [-0.1, -0.05) is 55.9 Å². The normalized spacial score (nSPS) is 11.9. The van der Waals surface area contributed by atoms with Gasteiger partial charge in [0.25, 0.3) is 0 Å². The molecule has 0 spiro atoms. The van der Waals surface area contributed by atoms with Crippen LogP contribution in [0.5, 0.6) is 11.5 Å². The number of aryl methyl sites for hydroxylation is 1. The third-order valence-electron chi connectivity index (χ3n) is 5.45. The predicted molar refractivity (Wildman–Crippen MR) is 149 cm³/mol. The van der Waals surface area contributed by atoms with Gasteiger partial charge in [0.15, 0.2) is 22.2 Å². The zero-order valence-corrected chi connectivity index (χ0v) is 23.2. The molecular weight excluding hydrogens is 506 g/mol. The van der Waals surface area contributed by atoms with Crippen molar-refractivity contribution in [2.45, 2.75) is 45.5 Å². The first-order chi connectivity index (χ1) is 17.8. The Kier molecular flexibility index (Phi) is 8.83. The summed E-state index contributed by atoms with van der Waals surface area (Å²) in [5.41, 5.74) is 1.92. The highest BCUT2D eigenvalue weighted by Gasteiger charge is 2.21. The van der Waals surface area contributed by atoms with Crippen LogP contribution in [-0.4, -0.2) is 38.5 Å². The smallest absolute Gasteiger partial charge is 0.236 e. The van der Waals surface area contributed by atoms with Crippen LogP contribution in [0, 0.1) is 12.8 Å². The molecule has 0 aliphatic rings. The fraction of sp³-hybridized carbons (Fsp3) is 0.333. The van der Waals surface area contributed by atoms with Gasteiger partial charge in [-0.25, -0.2) is 4.98 Å². The van der Waals surface area contributed by atoms with Crippen molar-refractivity contribution < 1.29 is 14.3 Å². The highest BCUT2D eigenvalue weighted by molar-refractivity contribution is 7.99. The number of ether oxygens (including phenoxy) is 2. The lowest BCUT2D eigenvalue weighted by molar-refractivity contribution is -0.113. The summed E-state index contributed by atoms with van der Waals surface area (Å²) in [6.07, 6.45) is -0.322. The molecule has 0 bridgehead atoms. The molecule has 10 heteroatoms. The minimum atomic E-state index is -0.322. The molecule has 37 heavy (non-hydrogen) atoms. The number of benzene rings is 2. The van der Waals surface area contributed by atoms with Crippen molar-refractivity contribution in [2.75, 3.05) is 18.2 Å². The molecule has 1 amide bonds. The molecule has 0 saturated carbocycles. The number of nitrogens with zero attached hydrogens (tertiary/aromatic N) is 4. The molecule has 4 rings (SSSR count). The number of nitrogens with one attached hydrogen (secondary N) is 1. The van der Waals surface area contributed by atoms with E-state index in [1.807, 2.05) is 73.0 Å². The van der Waals surface area contributed by atoms with Crippen LogP contribution in [0.4, 0.5) is 5.13 Å². The maximum atomic E-state index is 12.8. The van der Waals surface area contributed by atoms with Crippen LogP contribution in [0.1, 0.15) is 37.6 Å². The van der Waals surface area contributed by atoms with E-state index in [-0.39, 0.29) is 17.8 Å². The maximum absolute atomic E-state index is 12.8. The van der Waals surface area contributed by atoms with Gasteiger partial charge in [0.2, 0.25) is 5.91 Å². The average Bonchev–Trinajstić information content (AvgIpc) is 3.45. The Morgan fingerprint density at radius 2 is 1.76 bits per heavy atom. The highest BCUT2D eigenvalue weighted by atomic mass is 32.2. The summed E-state index contributed by atoms with van der Waals surface area (Å²) < 4.78 is 13.4. The van der Waals surface area contributed by atoms with Gasteiger partial charge >= 0.3 is 0 Å². The molecule has 1 atom stereocenters. The molecule has 0 aliphatic heterocycles. The molecule has 194 valence electrons. The summed E-state index contributed by atoms with van der Waals surface area (Å²) in [6.45, 7) is 8.94. The standard InChI is InChI=1S/C27H31N5O3S2/c1-17(2)15-32-25(18(3)35-22-13-11-21(34-5)12-14-22)30-31-27(32)36-16-23(33)28-26-29-24(19(4)37-26)20-9-7-6-8-10-20/h6-14,17-18H,15-16H2,1-5H3,(H,28,29,33). The second-order valence-electron chi connectivity index (χ2n) is 8.91. The number of anilines is 1. The first-order valence-corrected chi connectivity index (χ1v) is 13.8. The molecule has 0 radical (unpaired) electrons. The van der Waals surface area contributed by atoms with Gasteiger partial charge in [-0.2, -0.15) is 0 Å². The van der Waals surface area contributed by atoms with Crippen molar-refractivity contribution in [3.8, 4) is 22.8 Å². The summed E-state index contributed by atoms with van der Waals surface area (Å²) in [6, 6.07) is 17.4. The van der Waals surface area contributed by atoms with E-state index >= 15 is 0 Å².